The average molecular weight is 311 g/mol. The number of allylic oxidation sites excluding steroid dienone is 1. The van der Waals surface area contributed by atoms with Gasteiger partial charge in [0.1, 0.15) is 0 Å². The Kier molecular flexibility index (Phi) is 5.37. The number of aryl methyl sites for hydroxylation is 1. The van der Waals surface area contributed by atoms with E-state index in [9.17, 15) is 0 Å². The molecular weight excluding hydrogens is 282 g/mol. The zero-order valence-corrected chi connectivity index (χ0v) is 14.5. The number of aliphatic imine (C=N–C) groups is 1. The summed E-state index contributed by atoms with van der Waals surface area (Å²) >= 11 is 0. The first kappa shape index (κ1) is 16.1. The molecule has 23 heavy (non-hydrogen) atoms. The smallest absolute Gasteiger partial charge is 0.0870 e. The highest BCUT2D eigenvalue weighted by Crippen LogP contribution is 2.17. The Morgan fingerprint density at radius 3 is 2.65 bits per heavy atom. The number of nitrogens with zero attached hydrogens (tertiary/aromatic N) is 1. The van der Waals surface area contributed by atoms with Crippen LogP contribution in [0, 0.1) is 6.92 Å². The first-order chi connectivity index (χ1) is 11.3. The molecule has 0 saturated heterocycles. The van der Waals surface area contributed by atoms with Crippen molar-refractivity contribution >= 4 is 18.1 Å². The Bertz CT molecular complexity index is 698. The van der Waals surface area contributed by atoms with E-state index in [1.165, 1.54) is 56.1 Å². The number of aromatic nitrogens is 1. The Hall–Kier alpha value is -1.77. The van der Waals surface area contributed by atoms with Crippen LogP contribution >= 0.6 is 0 Å². The van der Waals surface area contributed by atoms with Crippen molar-refractivity contribution < 1.29 is 0 Å². The molecular formula is C20H29N3. The molecule has 0 radical (unpaired) electrons. The highest BCUT2D eigenvalue weighted by atomic mass is 14.9. The lowest BCUT2D eigenvalue weighted by Crippen LogP contribution is -2.27. The lowest BCUT2D eigenvalue weighted by Gasteiger charge is -2.19. The lowest BCUT2D eigenvalue weighted by molar-refractivity contribution is 0.427. The second kappa shape index (κ2) is 7.67. The molecule has 0 bridgehead atoms. The van der Waals surface area contributed by atoms with Gasteiger partial charge in [0, 0.05) is 18.5 Å². The molecule has 0 amide bonds. The van der Waals surface area contributed by atoms with Crippen LogP contribution in [0.5, 0.6) is 0 Å². The van der Waals surface area contributed by atoms with Crippen LogP contribution in [0.25, 0.3) is 11.9 Å². The van der Waals surface area contributed by atoms with E-state index in [0.717, 1.165) is 22.8 Å². The molecule has 1 fully saturated rings. The molecule has 0 unspecified atom stereocenters. The van der Waals surface area contributed by atoms with Crippen LogP contribution in [-0.2, 0) is 0 Å². The first-order valence-electron chi connectivity index (χ1n) is 9.17. The van der Waals surface area contributed by atoms with Gasteiger partial charge in [-0.2, -0.15) is 0 Å². The maximum Gasteiger partial charge on any atom is 0.0870 e. The van der Waals surface area contributed by atoms with Crippen LogP contribution < -0.4 is 16.0 Å². The quantitative estimate of drug-likeness (QED) is 0.883. The van der Waals surface area contributed by atoms with Gasteiger partial charge in [0.2, 0.25) is 0 Å². The van der Waals surface area contributed by atoms with E-state index >= 15 is 0 Å². The Labute approximate surface area is 139 Å². The van der Waals surface area contributed by atoms with Gasteiger partial charge in [-0.15, -0.1) is 0 Å². The second-order valence-electron chi connectivity index (χ2n) is 6.85. The molecule has 1 aliphatic carbocycles. The summed E-state index contributed by atoms with van der Waals surface area (Å²) in [5, 5.41) is 5.94. The van der Waals surface area contributed by atoms with Crippen molar-refractivity contribution in [1.82, 2.24) is 10.3 Å². The molecule has 124 valence electrons. The summed E-state index contributed by atoms with van der Waals surface area (Å²) in [6, 6.07) is 2.84. The topological polar surface area (TPSA) is 40.2 Å². The summed E-state index contributed by atoms with van der Waals surface area (Å²) in [5.41, 5.74) is 3.62. The van der Waals surface area contributed by atoms with Gasteiger partial charge in [0.15, 0.2) is 0 Å². The molecule has 0 spiro atoms. The van der Waals surface area contributed by atoms with E-state index in [1.807, 2.05) is 6.21 Å². The van der Waals surface area contributed by atoms with E-state index in [2.05, 4.69) is 47.5 Å². The van der Waals surface area contributed by atoms with Crippen molar-refractivity contribution in [3.63, 3.8) is 0 Å². The van der Waals surface area contributed by atoms with Gasteiger partial charge in [0.05, 0.1) is 16.4 Å². The molecule has 1 aromatic heterocycles. The van der Waals surface area contributed by atoms with Crippen molar-refractivity contribution in [2.75, 3.05) is 0 Å². The number of rotatable bonds is 3. The van der Waals surface area contributed by atoms with Crippen molar-refractivity contribution in [1.29, 1.82) is 0 Å². The molecule has 3 heteroatoms. The Morgan fingerprint density at radius 1 is 1.22 bits per heavy atom. The molecule has 2 N–H and O–H groups in total. The van der Waals surface area contributed by atoms with Gasteiger partial charge in [-0.05, 0) is 49.5 Å². The number of hydrogen-bond donors (Lipinski definition) is 2. The molecule has 0 aromatic carbocycles. The number of hydrogen-bond acceptors (Lipinski definition) is 2. The zero-order chi connectivity index (χ0) is 16.1. The van der Waals surface area contributed by atoms with Crippen molar-refractivity contribution in [3.8, 4) is 0 Å². The molecule has 3 rings (SSSR count). The molecule has 2 aliphatic rings. The van der Waals surface area contributed by atoms with Gasteiger partial charge >= 0.3 is 0 Å². The molecule has 3 nitrogen and oxygen atoms in total. The molecule has 1 saturated carbocycles. The van der Waals surface area contributed by atoms with E-state index < -0.39 is 0 Å². The molecule has 1 aromatic rings. The fourth-order valence-electron chi connectivity index (χ4n) is 3.49. The van der Waals surface area contributed by atoms with E-state index in [0.29, 0.717) is 6.04 Å². The third-order valence-corrected chi connectivity index (χ3v) is 4.97. The van der Waals surface area contributed by atoms with Gasteiger partial charge < -0.3 is 10.3 Å². The van der Waals surface area contributed by atoms with Crippen LogP contribution in [-0.4, -0.2) is 17.2 Å². The van der Waals surface area contributed by atoms with E-state index in [-0.39, 0.29) is 0 Å². The predicted molar refractivity (Wildman–Crippen MR) is 98.8 cm³/mol. The molecule has 1 aliphatic heterocycles. The predicted octanol–water partition coefficient (Wildman–Crippen LogP) is 3.29. The third-order valence-electron chi connectivity index (χ3n) is 4.97. The van der Waals surface area contributed by atoms with Gasteiger partial charge in [0.25, 0.3) is 0 Å². The van der Waals surface area contributed by atoms with E-state index in [4.69, 9.17) is 0 Å². The summed E-state index contributed by atoms with van der Waals surface area (Å²) in [7, 11) is 0. The summed E-state index contributed by atoms with van der Waals surface area (Å²) in [4.78, 5) is 8.06. The van der Waals surface area contributed by atoms with E-state index in [1.54, 1.807) is 0 Å². The monoisotopic (exact) mass is 311 g/mol. The summed E-state index contributed by atoms with van der Waals surface area (Å²) < 4.78 is 0. The minimum Gasteiger partial charge on any atom is -0.386 e. The SMILES string of the molecule is CCC1=CC(=c2[nH]c(=CNC3CCCCCCC3)cc2C)N=C1. The van der Waals surface area contributed by atoms with Crippen LogP contribution in [0.2, 0.25) is 0 Å². The fraction of sp³-hybridized carbons (Fsp3) is 0.550. The lowest BCUT2D eigenvalue weighted by atomic mass is 9.97. The van der Waals surface area contributed by atoms with Gasteiger partial charge in [-0.1, -0.05) is 39.0 Å². The third kappa shape index (κ3) is 4.15. The number of H-pyrrole nitrogens is 1. The highest BCUT2D eigenvalue weighted by Gasteiger charge is 2.09. The highest BCUT2D eigenvalue weighted by molar-refractivity contribution is 5.91. The number of nitrogens with one attached hydrogen (secondary N) is 2. The Balaban J connectivity index is 1.77. The van der Waals surface area contributed by atoms with Crippen molar-refractivity contribution in [2.45, 2.75) is 71.3 Å². The summed E-state index contributed by atoms with van der Waals surface area (Å²) in [6.45, 7) is 4.32. The summed E-state index contributed by atoms with van der Waals surface area (Å²) in [5.74, 6) is 0. The molecule has 0 atom stereocenters. The van der Waals surface area contributed by atoms with Crippen LogP contribution in [0.15, 0.2) is 22.7 Å². The minimum atomic E-state index is 0.631. The zero-order valence-electron chi connectivity index (χ0n) is 14.5. The van der Waals surface area contributed by atoms with Crippen molar-refractivity contribution in [2.24, 2.45) is 4.99 Å². The average Bonchev–Trinajstić information content (AvgIpc) is 3.12. The first-order valence-corrected chi connectivity index (χ1v) is 9.17. The Morgan fingerprint density at radius 2 is 1.96 bits per heavy atom. The van der Waals surface area contributed by atoms with Crippen LogP contribution in [0.1, 0.15) is 63.9 Å². The summed E-state index contributed by atoms with van der Waals surface area (Å²) in [6.07, 6.45) is 16.9. The largest absolute Gasteiger partial charge is 0.386 e. The second-order valence-corrected chi connectivity index (χ2v) is 6.85. The van der Waals surface area contributed by atoms with Crippen LogP contribution in [0.4, 0.5) is 0 Å². The van der Waals surface area contributed by atoms with Crippen molar-refractivity contribution in [3.05, 3.63) is 34.0 Å². The van der Waals surface area contributed by atoms with Crippen LogP contribution in [0.3, 0.4) is 0 Å². The molecule has 2 heterocycles. The number of aromatic amines is 1. The maximum absolute atomic E-state index is 4.54. The minimum absolute atomic E-state index is 0.631. The maximum atomic E-state index is 4.54. The van der Waals surface area contributed by atoms with Gasteiger partial charge in [-0.25, -0.2) is 0 Å². The van der Waals surface area contributed by atoms with Gasteiger partial charge in [-0.3, -0.25) is 4.99 Å². The fourth-order valence-corrected chi connectivity index (χ4v) is 3.49. The normalized spacial score (nSPS) is 22.9. The standard InChI is InChI=1S/C20H29N3/c1-3-16-12-19(22-13-16)20-15(2)11-18(23-20)14-21-17-9-7-5-4-6-8-10-17/h11-14,17,21,23H,3-10H2,1-2H3.